The van der Waals surface area contributed by atoms with Gasteiger partial charge in [-0.3, -0.25) is 0 Å². The molecule has 0 fully saturated rings. The minimum Gasteiger partial charge on any atom is -0.496 e. The molecule has 0 unspecified atom stereocenters. The van der Waals surface area contributed by atoms with Gasteiger partial charge in [0.05, 0.1) is 26.3 Å². The van der Waals surface area contributed by atoms with Gasteiger partial charge in [-0.05, 0) is 12.1 Å². The molecule has 0 bridgehead atoms. The van der Waals surface area contributed by atoms with E-state index in [2.05, 4.69) is 5.48 Å². The van der Waals surface area contributed by atoms with Crippen LogP contribution in [0.1, 0.15) is 5.56 Å². The Hall–Kier alpha value is -1.26. The van der Waals surface area contributed by atoms with E-state index in [1.54, 1.807) is 14.2 Å². The number of hydrogen-bond acceptors (Lipinski definition) is 4. The van der Waals surface area contributed by atoms with Crippen LogP contribution in [0.25, 0.3) is 0 Å². The first-order valence-corrected chi connectivity index (χ1v) is 3.90. The fourth-order valence-electron chi connectivity index (χ4n) is 1.18. The molecule has 72 valence electrons. The van der Waals surface area contributed by atoms with E-state index in [9.17, 15) is 0 Å². The van der Waals surface area contributed by atoms with Gasteiger partial charge in [-0.1, -0.05) is 6.07 Å². The van der Waals surface area contributed by atoms with E-state index >= 15 is 0 Å². The zero-order valence-electron chi connectivity index (χ0n) is 7.70. The van der Waals surface area contributed by atoms with Crippen molar-refractivity contribution in [3.8, 4) is 11.5 Å². The number of hydrogen-bond donors (Lipinski definition) is 2. The molecule has 0 spiro atoms. The van der Waals surface area contributed by atoms with E-state index in [0.717, 1.165) is 5.56 Å². The summed E-state index contributed by atoms with van der Waals surface area (Å²) in [4.78, 5) is 0. The maximum atomic E-state index is 8.60. The number of rotatable bonds is 4. The van der Waals surface area contributed by atoms with Crippen molar-refractivity contribution >= 4 is 0 Å². The zero-order chi connectivity index (χ0) is 9.68. The molecule has 0 saturated carbocycles. The van der Waals surface area contributed by atoms with Crippen molar-refractivity contribution in [2.75, 3.05) is 14.2 Å². The Bertz CT molecular complexity index is 253. The van der Waals surface area contributed by atoms with Crippen LogP contribution in [-0.2, 0) is 6.54 Å². The molecule has 0 radical (unpaired) electrons. The van der Waals surface area contributed by atoms with E-state index in [4.69, 9.17) is 14.7 Å². The van der Waals surface area contributed by atoms with Gasteiger partial charge < -0.3 is 14.7 Å². The third kappa shape index (κ3) is 2.11. The lowest BCUT2D eigenvalue weighted by atomic mass is 10.2. The summed E-state index contributed by atoms with van der Waals surface area (Å²) in [5.74, 6) is 1.39. The summed E-state index contributed by atoms with van der Waals surface area (Å²) < 4.78 is 10.2. The Labute approximate surface area is 77.1 Å². The van der Waals surface area contributed by atoms with Crippen molar-refractivity contribution in [2.45, 2.75) is 6.54 Å². The van der Waals surface area contributed by atoms with E-state index in [0.29, 0.717) is 18.0 Å². The Morgan fingerprint density at radius 3 is 2.15 bits per heavy atom. The van der Waals surface area contributed by atoms with Crippen LogP contribution in [0.5, 0.6) is 11.5 Å². The molecule has 1 rings (SSSR count). The first kappa shape index (κ1) is 9.83. The van der Waals surface area contributed by atoms with Crippen LogP contribution in [0.4, 0.5) is 0 Å². The highest BCUT2D eigenvalue weighted by atomic mass is 16.5. The second-order valence-corrected chi connectivity index (χ2v) is 2.48. The lowest BCUT2D eigenvalue weighted by Gasteiger charge is -2.11. The molecule has 0 heterocycles. The summed E-state index contributed by atoms with van der Waals surface area (Å²) in [6, 6.07) is 5.46. The minimum absolute atomic E-state index is 0.299. The van der Waals surface area contributed by atoms with Gasteiger partial charge >= 0.3 is 0 Å². The number of methoxy groups -OCH3 is 2. The van der Waals surface area contributed by atoms with Gasteiger partial charge in [-0.25, -0.2) is 5.48 Å². The summed E-state index contributed by atoms with van der Waals surface area (Å²) >= 11 is 0. The average molecular weight is 183 g/mol. The molecule has 1 aromatic carbocycles. The van der Waals surface area contributed by atoms with E-state index < -0.39 is 0 Å². The van der Waals surface area contributed by atoms with Gasteiger partial charge in [-0.15, -0.1) is 0 Å². The van der Waals surface area contributed by atoms with Crippen molar-refractivity contribution in [2.24, 2.45) is 0 Å². The van der Waals surface area contributed by atoms with Gasteiger partial charge in [0.15, 0.2) is 0 Å². The molecule has 0 aromatic heterocycles. The third-order valence-electron chi connectivity index (χ3n) is 1.79. The molecule has 0 saturated heterocycles. The van der Waals surface area contributed by atoms with E-state index in [-0.39, 0.29) is 0 Å². The zero-order valence-corrected chi connectivity index (χ0v) is 7.70. The highest BCUT2D eigenvalue weighted by molar-refractivity contribution is 5.44. The summed E-state index contributed by atoms with van der Waals surface area (Å²) in [6.45, 7) is 0.299. The van der Waals surface area contributed by atoms with E-state index in [1.165, 1.54) is 0 Å². The Balaban J connectivity index is 3.05. The first-order chi connectivity index (χ1) is 6.33. The van der Waals surface area contributed by atoms with Crippen molar-refractivity contribution in [1.29, 1.82) is 0 Å². The fourth-order valence-corrected chi connectivity index (χ4v) is 1.18. The van der Waals surface area contributed by atoms with Crippen LogP contribution in [0.15, 0.2) is 18.2 Å². The third-order valence-corrected chi connectivity index (χ3v) is 1.79. The Morgan fingerprint density at radius 1 is 1.23 bits per heavy atom. The largest absolute Gasteiger partial charge is 0.496 e. The monoisotopic (exact) mass is 183 g/mol. The Morgan fingerprint density at radius 2 is 1.77 bits per heavy atom. The number of hydroxylamine groups is 1. The molecule has 13 heavy (non-hydrogen) atoms. The standard InChI is InChI=1S/C9H13NO3/c1-12-8-4-3-5-9(13-2)7(8)6-10-11/h3-5,10-11H,6H2,1-2H3. The smallest absolute Gasteiger partial charge is 0.127 e. The molecule has 0 amide bonds. The maximum Gasteiger partial charge on any atom is 0.127 e. The summed E-state index contributed by atoms with van der Waals surface area (Å²) in [5.41, 5.74) is 2.87. The molecular weight excluding hydrogens is 170 g/mol. The van der Waals surface area contributed by atoms with Crippen molar-refractivity contribution in [3.63, 3.8) is 0 Å². The quantitative estimate of drug-likeness (QED) is 0.688. The molecule has 2 N–H and O–H groups in total. The maximum absolute atomic E-state index is 8.60. The van der Waals surface area contributed by atoms with Crippen molar-refractivity contribution < 1.29 is 14.7 Å². The molecule has 0 aliphatic rings. The normalized spacial score (nSPS) is 9.77. The highest BCUT2D eigenvalue weighted by Crippen LogP contribution is 2.27. The predicted molar refractivity (Wildman–Crippen MR) is 48.2 cm³/mol. The topological polar surface area (TPSA) is 50.7 Å². The minimum atomic E-state index is 0.299. The number of nitrogens with one attached hydrogen (secondary N) is 1. The first-order valence-electron chi connectivity index (χ1n) is 3.90. The molecule has 1 aromatic rings. The van der Waals surface area contributed by atoms with Crippen molar-refractivity contribution in [1.82, 2.24) is 5.48 Å². The van der Waals surface area contributed by atoms with Crippen LogP contribution >= 0.6 is 0 Å². The van der Waals surface area contributed by atoms with Gasteiger partial charge in [0, 0.05) is 0 Å². The Kier molecular flexibility index (Phi) is 3.54. The number of benzene rings is 1. The number of ether oxygens (including phenoxy) is 2. The predicted octanol–water partition coefficient (Wildman–Crippen LogP) is 1.18. The second kappa shape index (κ2) is 4.69. The van der Waals surface area contributed by atoms with Crippen LogP contribution in [0.2, 0.25) is 0 Å². The molecule has 0 aliphatic heterocycles. The van der Waals surface area contributed by atoms with Gasteiger partial charge in [0.1, 0.15) is 11.5 Å². The van der Waals surface area contributed by atoms with Crippen LogP contribution in [-0.4, -0.2) is 19.4 Å². The lowest BCUT2D eigenvalue weighted by molar-refractivity contribution is 0.159. The highest BCUT2D eigenvalue weighted by Gasteiger charge is 2.07. The summed E-state index contributed by atoms with van der Waals surface area (Å²) in [7, 11) is 3.16. The molecule has 4 nitrogen and oxygen atoms in total. The van der Waals surface area contributed by atoms with Crippen LogP contribution in [0.3, 0.4) is 0 Å². The molecule has 0 aliphatic carbocycles. The summed E-state index contributed by atoms with van der Waals surface area (Å²) in [6.07, 6.45) is 0. The molecule has 4 heteroatoms. The van der Waals surface area contributed by atoms with Gasteiger partial charge in [0.2, 0.25) is 0 Å². The van der Waals surface area contributed by atoms with E-state index in [1.807, 2.05) is 18.2 Å². The lowest BCUT2D eigenvalue weighted by Crippen LogP contribution is -2.08. The van der Waals surface area contributed by atoms with Gasteiger partial charge in [0.25, 0.3) is 0 Å². The van der Waals surface area contributed by atoms with Crippen LogP contribution < -0.4 is 15.0 Å². The molecule has 0 atom stereocenters. The van der Waals surface area contributed by atoms with Gasteiger partial charge in [-0.2, -0.15) is 0 Å². The average Bonchev–Trinajstić information content (AvgIpc) is 2.18. The summed E-state index contributed by atoms with van der Waals surface area (Å²) in [5, 5.41) is 8.60. The second-order valence-electron chi connectivity index (χ2n) is 2.48. The molecular formula is C9H13NO3. The SMILES string of the molecule is COc1cccc(OC)c1CNO. The van der Waals surface area contributed by atoms with Crippen molar-refractivity contribution in [3.05, 3.63) is 23.8 Å². The fraction of sp³-hybridized carbons (Fsp3) is 0.333. The van der Waals surface area contributed by atoms with Crippen LogP contribution in [0, 0.1) is 0 Å².